The lowest BCUT2D eigenvalue weighted by atomic mass is 10.2. The Hall–Kier alpha value is -1.63. The van der Waals surface area contributed by atoms with Crippen LogP contribution in [0.1, 0.15) is 17.6 Å². The summed E-state index contributed by atoms with van der Waals surface area (Å²) in [4.78, 5) is 8.10. The zero-order chi connectivity index (χ0) is 14.0. The van der Waals surface area contributed by atoms with Crippen LogP contribution in [0.5, 0.6) is 0 Å². The highest BCUT2D eigenvalue weighted by atomic mass is 32.1. The number of nitrogens with zero attached hydrogens (tertiary/aromatic N) is 2. The molecule has 0 fully saturated rings. The predicted octanol–water partition coefficient (Wildman–Crippen LogP) is 3.96. The normalized spacial score (nSPS) is 11.6. The first-order valence-corrected chi connectivity index (χ1v) is 6.53. The van der Waals surface area contributed by atoms with E-state index in [9.17, 15) is 13.2 Å². The molecule has 2 aromatic heterocycles. The Morgan fingerprint density at radius 2 is 2.00 bits per heavy atom. The molecule has 3 nitrogen and oxygen atoms in total. The van der Waals surface area contributed by atoms with Crippen molar-refractivity contribution in [3.8, 4) is 11.3 Å². The number of halogens is 3. The van der Waals surface area contributed by atoms with Gasteiger partial charge >= 0.3 is 6.18 Å². The van der Waals surface area contributed by atoms with E-state index >= 15 is 0 Å². The molecule has 0 aliphatic rings. The van der Waals surface area contributed by atoms with Gasteiger partial charge in [-0.1, -0.05) is 0 Å². The highest BCUT2D eigenvalue weighted by molar-refractivity contribution is 7.10. The molecule has 0 amide bonds. The van der Waals surface area contributed by atoms with Crippen LogP contribution >= 0.6 is 11.3 Å². The highest BCUT2D eigenvalue weighted by Gasteiger charge is 2.35. The minimum Gasteiger partial charge on any atom is -0.370 e. The van der Waals surface area contributed by atoms with E-state index in [0.29, 0.717) is 12.1 Å². The van der Waals surface area contributed by atoms with Crippen molar-refractivity contribution in [2.75, 3.05) is 11.9 Å². The van der Waals surface area contributed by atoms with Crippen LogP contribution in [-0.2, 0) is 6.18 Å². The van der Waals surface area contributed by atoms with E-state index < -0.39 is 12.0 Å². The number of rotatable bonds is 3. The van der Waals surface area contributed by atoms with Crippen molar-refractivity contribution in [3.05, 3.63) is 28.2 Å². The number of aryl methyl sites for hydroxylation is 1. The number of aromatic nitrogens is 2. The molecule has 0 atom stereocenters. The third-order valence-corrected chi connectivity index (χ3v) is 3.23. The number of thiophene rings is 1. The molecule has 0 unspecified atom stereocenters. The maximum absolute atomic E-state index is 12.8. The average Bonchev–Trinajstić information content (AvgIpc) is 2.75. The molecule has 0 saturated carbocycles. The van der Waals surface area contributed by atoms with Crippen LogP contribution in [0.4, 0.5) is 19.0 Å². The minimum absolute atomic E-state index is 0.184. The summed E-state index contributed by atoms with van der Waals surface area (Å²) in [5, 5.41) is 4.57. The highest BCUT2D eigenvalue weighted by Crippen LogP contribution is 2.31. The molecule has 0 aliphatic heterocycles. The lowest BCUT2D eigenvalue weighted by Gasteiger charge is -2.10. The molecule has 0 bridgehead atoms. The summed E-state index contributed by atoms with van der Waals surface area (Å²) in [6.45, 7) is 4.19. The van der Waals surface area contributed by atoms with Gasteiger partial charge < -0.3 is 5.32 Å². The van der Waals surface area contributed by atoms with Gasteiger partial charge in [0.15, 0.2) is 0 Å². The second-order valence-corrected chi connectivity index (χ2v) is 5.05. The van der Waals surface area contributed by atoms with Crippen molar-refractivity contribution in [2.24, 2.45) is 0 Å². The molecule has 0 saturated heterocycles. The second kappa shape index (κ2) is 5.16. The monoisotopic (exact) mass is 287 g/mol. The van der Waals surface area contributed by atoms with E-state index in [1.54, 1.807) is 12.3 Å². The van der Waals surface area contributed by atoms with E-state index in [1.165, 1.54) is 17.4 Å². The quantitative estimate of drug-likeness (QED) is 0.928. The molecule has 0 radical (unpaired) electrons. The molecule has 19 heavy (non-hydrogen) atoms. The zero-order valence-corrected chi connectivity index (χ0v) is 11.2. The zero-order valence-electron chi connectivity index (χ0n) is 10.4. The van der Waals surface area contributed by atoms with Crippen molar-refractivity contribution in [2.45, 2.75) is 20.0 Å². The molecule has 0 spiro atoms. The maximum Gasteiger partial charge on any atom is 0.451 e. The van der Waals surface area contributed by atoms with Gasteiger partial charge in [-0.05, 0) is 19.9 Å². The Morgan fingerprint density at radius 3 is 2.53 bits per heavy atom. The van der Waals surface area contributed by atoms with Crippen molar-refractivity contribution in [1.29, 1.82) is 0 Å². The Kier molecular flexibility index (Phi) is 3.75. The molecular formula is C12H12F3N3S. The topological polar surface area (TPSA) is 37.8 Å². The average molecular weight is 287 g/mol. The van der Waals surface area contributed by atoms with Crippen LogP contribution in [0.25, 0.3) is 11.3 Å². The van der Waals surface area contributed by atoms with Gasteiger partial charge in [0.05, 0.1) is 5.69 Å². The Morgan fingerprint density at radius 1 is 1.26 bits per heavy atom. The Balaban J connectivity index is 2.51. The summed E-state index contributed by atoms with van der Waals surface area (Å²) >= 11 is 1.47. The molecule has 0 aromatic carbocycles. The van der Waals surface area contributed by atoms with Gasteiger partial charge in [0, 0.05) is 28.4 Å². The smallest absolute Gasteiger partial charge is 0.370 e. The van der Waals surface area contributed by atoms with Gasteiger partial charge in [-0.15, -0.1) is 11.3 Å². The summed E-state index contributed by atoms with van der Waals surface area (Å²) in [7, 11) is 0. The molecule has 2 rings (SSSR count). The maximum atomic E-state index is 12.8. The number of hydrogen-bond donors (Lipinski definition) is 1. The molecular weight excluding hydrogens is 275 g/mol. The lowest BCUT2D eigenvalue weighted by molar-refractivity contribution is -0.144. The van der Waals surface area contributed by atoms with Crippen molar-refractivity contribution < 1.29 is 13.2 Å². The summed E-state index contributed by atoms with van der Waals surface area (Å²) in [5.74, 6) is -0.937. The number of nitrogens with one attached hydrogen (secondary N) is 1. The Labute approximate surface area is 112 Å². The predicted molar refractivity (Wildman–Crippen MR) is 69.2 cm³/mol. The van der Waals surface area contributed by atoms with Crippen molar-refractivity contribution in [3.63, 3.8) is 0 Å². The second-order valence-electron chi connectivity index (χ2n) is 3.94. The van der Waals surface area contributed by atoms with Crippen LogP contribution in [0, 0.1) is 6.92 Å². The molecule has 1 N–H and O–H groups in total. The number of hydrogen-bond acceptors (Lipinski definition) is 4. The molecule has 7 heteroatoms. The Bertz CT molecular complexity index is 578. The van der Waals surface area contributed by atoms with E-state index in [4.69, 9.17) is 0 Å². The van der Waals surface area contributed by atoms with Gasteiger partial charge in [-0.25, -0.2) is 9.97 Å². The first-order valence-electron chi connectivity index (χ1n) is 5.66. The largest absolute Gasteiger partial charge is 0.451 e. The van der Waals surface area contributed by atoms with Crippen molar-refractivity contribution in [1.82, 2.24) is 9.97 Å². The van der Waals surface area contributed by atoms with Crippen LogP contribution in [0.2, 0.25) is 0 Å². The third-order valence-electron chi connectivity index (χ3n) is 2.36. The lowest BCUT2D eigenvalue weighted by Crippen LogP contribution is -2.13. The minimum atomic E-state index is -4.55. The molecule has 2 aromatic rings. The standard InChI is InChI=1S/C12H12F3N3S/c1-3-16-10-5-9(8-4-7(2)19-6-8)17-11(18-10)12(13,14)15/h4-6H,3H2,1-2H3,(H,16,17,18). The van der Waals surface area contributed by atoms with E-state index in [0.717, 1.165) is 4.88 Å². The van der Waals surface area contributed by atoms with Gasteiger partial charge in [-0.2, -0.15) is 13.2 Å². The summed E-state index contributed by atoms with van der Waals surface area (Å²) in [6.07, 6.45) is -4.55. The van der Waals surface area contributed by atoms with Gasteiger partial charge in [0.1, 0.15) is 5.82 Å². The van der Waals surface area contributed by atoms with Crippen LogP contribution in [0.15, 0.2) is 17.5 Å². The fraction of sp³-hybridized carbons (Fsp3) is 0.333. The molecule has 102 valence electrons. The SMILES string of the molecule is CCNc1cc(-c2csc(C)c2)nc(C(F)(F)F)n1. The number of alkyl halides is 3. The first-order chi connectivity index (χ1) is 8.90. The van der Waals surface area contributed by atoms with E-state index in [-0.39, 0.29) is 11.5 Å². The third kappa shape index (κ3) is 3.23. The van der Waals surface area contributed by atoms with Crippen molar-refractivity contribution >= 4 is 17.2 Å². The molecule has 0 aliphatic carbocycles. The summed E-state index contributed by atoms with van der Waals surface area (Å²) in [6, 6.07) is 3.34. The summed E-state index contributed by atoms with van der Waals surface area (Å²) < 4.78 is 38.3. The van der Waals surface area contributed by atoms with Gasteiger partial charge in [-0.3, -0.25) is 0 Å². The van der Waals surface area contributed by atoms with Gasteiger partial charge in [0.25, 0.3) is 0 Å². The fourth-order valence-corrected chi connectivity index (χ4v) is 2.27. The van der Waals surface area contributed by atoms with Crippen LogP contribution in [0.3, 0.4) is 0 Å². The number of anilines is 1. The van der Waals surface area contributed by atoms with E-state index in [2.05, 4.69) is 15.3 Å². The first kappa shape index (κ1) is 13.8. The summed E-state index contributed by atoms with van der Waals surface area (Å²) in [5.41, 5.74) is 0.956. The van der Waals surface area contributed by atoms with Crippen LogP contribution < -0.4 is 5.32 Å². The van der Waals surface area contributed by atoms with E-state index in [1.807, 2.05) is 13.0 Å². The van der Waals surface area contributed by atoms with Gasteiger partial charge in [0.2, 0.25) is 5.82 Å². The van der Waals surface area contributed by atoms with Crippen LogP contribution in [-0.4, -0.2) is 16.5 Å². The fourth-order valence-electron chi connectivity index (χ4n) is 1.57. The molecule has 2 heterocycles.